The van der Waals surface area contributed by atoms with Crippen LogP contribution in [0.3, 0.4) is 0 Å². The van der Waals surface area contributed by atoms with Crippen molar-refractivity contribution in [1.82, 2.24) is 4.98 Å². The van der Waals surface area contributed by atoms with Crippen LogP contribution in [0.4, 0.5) is 5.69 Å². The van der Waals surface area contributed by atoms with Gasteiger partial charge in [0.05, 0.1) is 30.1 Å². The first-order valence-electron chi connectivity index (χ1n) is 5.99. The number of thiophene rings is 1. The summed E-state index contributed by atoms with van der Waals surface area (Å²) in [6, 6.07) is 7.97. The van der Waals surface area contributed by atoms with Crippen molar-refractivity contribution in [2.24, 2.45) is 0 Å². The molecule has 3 rings (SSSR count). The van der Waals surface area contributed by atoms with Crippen molar-refractivity contribution in [2.75, 3.05) is 5.75 Å². The van der Waals surface area contributed by atoms with Crippen LogP contribution in [0.25, 0.3) is 10.2 Å². The molecule has 5 nitrogen and oxygen atoms in total. The predicted molar refractivity (Wildman–Crippen MR) is 90.7 cm³/mol. The van der Waals surface area contributed by atoms with Crippen molar-refractivity contribution in [3.63, 3.8) is 0 Å². The molecule has 0 N–H and O–H groups in total. The van der Waals surface area contributed by atoms with E-state index < -0.39 is 4.92 Å². The number of ketones is 1. The molecule has 0 aliphatic carbocycles. The van der Waals surface area contributed by atoms with Crippen molar-refractivity contribution < 1.29 is 9.72 Å². The molecule has 0 fully saturated rings. The minimum atomic E-state index is -0.449. The summed E-state index contributed by atoms with van der Waals surface area (Å²) in [5.74, 6) is 0.255. The van der Waals surface area contributed by atoms with E-state index >= 15 is 0 Å². The lowest BCUT2D eigenvalue weighted by Crippen LogP contribution is -1.98. The van der Waals surface area contributed by atoms with Crippen molar-refractivity contribution >= 4 is 67.7 Å². The number of thiazole rings is 1. The number of carbonyl (C=O) groups is 1. The van der Waals surface area contributed by atoms with Gasteiger partial charge in [0.2, 0.25) is 0 Å². The zero-order chi connectivity index (χ0) is 15.7. The second-order valence-electron chi connectivity index (χ2n) is 4.20. The Balaban J connectivity index is 1.74. The Kier molecular flexibility index (Phi) is 4.44. The van der Waals surface area contributed by atoms with Gasteiger partial charge in [0, 0.05) is 12.1 Å². The molecule has 22 heavy (non-hydrogen) atoms. The Bertz CT molecular complexity index is 874. The van der Waals surface area contributed by atoms with Gasteiger partial charge in [-0.1, -0.05) is 23.4 Å². The molecule has 3 aromatic rings. The number of hydrogen-bond donors (Lipinski definition) is 0. The van der Waals surface area contributed by atoms with Crippen LogP contribution in [0.5, 0.6) is 0 Å². The maximum atomic E-state index is 12.0. The number of thioether (sulfide) groups is 1. The lowest BCUT2D eigenvalue weighted by atomic mass is 10.3. The monoisotopic (exact) mass is 370 g/mol. The van der Waals surface area contributed by atoms with E-state index in [-0.39, 0.29) is 17.2 Å². The lowest BCUT2D eigenvalue weighted by molar-refractivity contribution is -0.384. The van der Waals surface area contributed by atoms with E-state index in [4.69, 9.17) is 11.6 Å². The molecule has 0 aliphatic heterocycles. The van der Waals surface area contributed by atoms with Crippen LogP contribution >= 0.6 is 46.0 Å². The third kappa shape index (κ3) is 3.30. The maximum absolute atomic E-state index is 12.0. The molecule has 0 spiro atoms. The number of nitro groups is 1. The highest BCUT2D eigenvalue weighted by Crippen LogP contribution is 2.32. The van der Waals surface area contributed by atoms with E-state index in [9.17, 15) is 14.9 Å². The number of rotatable bonds is 5. The van der Waals surface area contributed by atoms with Crippen molar-refractivity contribution in [3.8, 4) is 0 Å². The summed E-state index contributed by atoms with van der Waals surface area (Å²) >= 11 is 9.80. The molecular weight excluding hydrogens is 364 g/mol. The summed E-state index contributed by atoms with van der Waals surface area (Å²) < 4.78 is 2.16. The van der Waals surface area contributed by atoms with Crippen LogP contribution in [0.1, 0.15) is 9.67 Å². The van der Waals surface area contributed by atoms with Gasteiger partial charge in [0.25, 0.3) is 5.69 Å². The fourth-order valence-corrected chi connectivity index (χ4v) is 4.74. The van der Waals surface area contributed by atoms with Crippen LogP contribution in [0, 0.1) is 10.1 Å². The molecular formula is C13H7ClN2O3S3. The zero-order valence-electron chi connectivity index (χ0n) is 10.8. The van der Waals surface area contributed by atoms with Gasteiger partial charge < -0.3 is 0 Å². The first-order chi connectivity index (χ1) is 10.5. The van der Waals surface area contributed by atoms with Gasteiger partial charge in [-0.15, -0.1) is 22.7 Å². The minimum absolute atomic E-state index is 0.00728. The maximum Gasteiger partial charge on any atom is 0.271 e. The smallest absolute Gasteiger partial charge is 0.271 e. The molecule has 0 aliphatic rings. The SMILES string of the molecule is O=C(CSc1nc2cc([N+](=O)[O-])ccc2s1)c1ccc(Cl)s1. The highest BCUT2D eigenvalue weighted by atomic mass is 35.5. The summed E-state index contributed by atoms with van der Waals surface area (Å²) in [6.45, 7) is 0. The van der Waals surface area contributed by atoms with E-state index in [1.54, 1.807) is 18.2 Å². The van der Waals surface area contributed by atoms with Crippen molar-refractivity contribution in [3.05, 3.63) is 49.7 Å². The third-order valence-corrected chi connectivity index (χ3v) is 6.19. The molecule has 0 radical (unpaired) electrons. The number of nitro benzene ring substituents is 1. The molecule has 2 aromatic heterocycles. The Morgan fingerprint density at radius 3 is 2.82 bits per heavy atom. The van der Waals surface area contributed by atoms with Gasteiger partial charge in [-0.2, -0.15) is 0 Å². The topological polar surface area (TPSA) is 73.1 Å². The Hall–Kier alpha value is -1.48. The summed E-state index contributed by atoms with van der Waals surface area (Å²) in [4.78, 5) is 27.3. The number of hydrogen-bond acceptors (Lipinski definition) is 7. The van der Waals surface area contributed by atoms with Gasteiger partial charge in [-0.05, 0) is 18.2 Å². The van der Waals surface area contributed by atoms with Crippen LogP contribution in [0.2, 0.25) is 4.34 Å². The van der Waals surface area contributed by atoms with E-state index in [2.05, 4.69) is 4.98 Å². The molecule has 0 atom stereocenters. The Morgan fingerprint density at radius 2 is 2.14 bits per heavy atom. The first kappa shape index (κ1) is 15.4. The highest BCUT2D eigenvalue weighted by molar-refractivity contribution is 8.01. The number of benzene rings is 1. The van der Waals surface area contributed by atoms with Crippen LogP contribution in [-0.4, -0.2) is 21.4 Å². The molecule has 9 heteroatoms. The van der Waals surface area contributed by atoms with Crippen molar-refractivity contribution in [2.45, 2.75) is 4.34 Å². The number of halogens is 1. The van der Waals surface area contributed by atoms with E-state index in [0.29, 0.717) is 19.1 Å². The lowest BCUT2D eigenvalue weighted by Gasteiger charge is -1.94. The summed E-state index contributed by atoms with van der Waals surface area (Å²) in [6.07, 6.45) is 0. The van der Waals surface area contributed by atoms with E-state index in [0.717, 1.165) is 4.70 Å². The highest BCUT2D eigenvalue weighted by Gasteiger charge is 2.13. The van der Waals surface area contributed by atoms with E-state index in [1.165, 1.54) is 46.6 Å². The van der Waals surface area contributed by atoms with Crippen molar-refractivity contribution in [1.29, 1.82) is 0 Å². The largest absolute Gasteiger partial charge is 0.292 e. The summed E-state index contributed by atoms with van der Waals surface area (Å²) in [5, 5.41) is 10.7. The second kappa shape index (κ2) is 6.33. The summed E-state index contributed by atoms with van der Waals surface area (Å²) in [7, 11) is 0. The Morgan fingerprint density at radius 1 is 1.32 bits per heavy atom. The quantitative estimate of drug-likeness (QED) is 0.276. The molecule has 0 unspecified atom stereocenters. The number of carbonyl (C=O) groups excluding carboxylic acids is 1. The van der Waals surface area contributed by atoms with E-state index in [1.807, 2.05) is 0 Å². The number of fused-ring (bicyclic) bond motifs is 1. The fourth-order valence-electron chi connectivity index (χ4n) is 1.73. The van der Waals surface area contributed by atoms with Gasteiger partial charge in [-0.3, -0.25) is 14.9 Å². The molecule has 0 bridgehead atoms. The zero-order valence-corrected chi connectivity index (χ0v) is 14.0. The number of nitrogens with zero attached hydrogens (tertiary/aromatic N) is 2. The van der Waals surface area contributed by atoms with Gasteiger partial charge in [0.15, 0.2) is 10.1 Å². The van der Waals surface area contributed by atoms with Crippen LogP contribution < -0.4 is 0 Å². The van der Waals surface area contributed by atoms with Gasteiger partial charge in [0.1, 0.15) is 0 Å². The molecule has 0 amide bonds. The van der Waals surface area contributed by atoms with Gasteiger partial charge in [-0.25, -0.2) is 4.98 Å². The molecule has 112 valence electrons. The standard InChI is InChI=1S/C13H7ClN2O3S3/c14-12-4-3-11(21-12)9(17)6-20-13-15-8-5-7(16(18)19)1-2-10(8)22-13/h1-5H,6H2. The third-order valence-electron chi connectivity index (χ3n) is 2.74. The second-order valence-corrected chi connectivity index (χ2v) is 8.17. The number of Topliss-reactive ketones (excluding diaryl/α,β-unsaturated/α-hetero) is 1. The fraction of sp³-hybridized carbons (Fsp3) is 0.0769. The minimum Gasteiger partial charge on any atom is -0.292 e. The average Bonchev–Trinajstić information content (AvgIpc) is 3.09. The normalized spacial score (nSPS) is 11.0. The number of aromatic nitrogens is 1. The summed E-state index contributed by atoms with van der Waals surface area (Å²) in [5.41, 5.74) is 0.590. The predicted octanol–water partition coefficient (Wildman–Crippen LogP) is 4.89. The van der Waals surface area contributed by atoms with Gasteiger partial charge >= 0.3 is 0 Å². The first-order valence-corrected chi connectivity index (χ1v) is 8.99. The molecule has 2 heterocycles. The molecule has 1 aromatic carbocycles. The molecule has 0 saturated heterocycles. The number of non-ortho nitro benzene ring substituents is 1. The Labute approximate surface area is 142 Å². The van der Waals surface area contributed by atoms with Crippen LogP contribution in [-0.2, 0) is 0 Å². The average molecular weight is 371 g/mol. The van der Waals surface area contributed by atoms with Crippen LogP contribution in [0.15, 0.2) is 34.7 Å². The molecule has 0 saturated carbocycles.